The van der Waals surface area contributed by atoms with Gasteiger partial charge in [-0.3, -0.25) is 10.2 Å². The van der Waals surface area contributed by atoms with E-state index in [1.165, 1.54) is 11.8 Å². The van der Waals surface area contributed by atoms with E-state index in [-0.39, 0.29) is 18.1 Å². The van der Waals surface area contributed by atoms with Crippen molar-refractivity contribution in [3.63, 3.8) is 0 Å². The third kappa shape index (κ3) is 6.67. The summed E-state index contributed by atoms with van der Waals surface area (Å²) in [6, 6.07) is 16.6. The average molecular weight is 402 g/mol. The van der Waals surface area contributed by atoms with E-state index >= 15 is 0 Å². The topological polar surface area (TPSA) is 101 Å². The van der Waals surface area contributed by atoms with Crippen molar-refractivity contribution >= 4 is 23.7 Å². The largest absolute Gasteiger partial charge is 0.492 e. The first-order valence-electron chi connectivity index (χ1n) is 8.81. The zero-order chi connectivity index (χ0) is 19.6. The number of rotatable bonds is 10. The zero-order valence-electron chi connectivity index (χ0n) is 15.1. The van der Waals surface area contributed by atoms with Crippen LogP contribution < -0.4 is 31.0 Å². The highest BCUT2D eigenvalue weighted by molar-refractivity contribution is 8.00. The van der Waals surface area contributed by atoms with E-state index in [9.17, 15) is 9.59 Å². The van der Waals surface area contributed by atoms with Gasteiger partial charge in [0.1, 0.15) is 30.0 Å². The summed E-state index contributed by atoms with van der Waals surface area (Å²) in [4.78, 5) is 22.8. The van der Waals surface area contributed by atoms with E-state index in [0.717, 1.165) is 5.75 Å². The molecule has 9 heteroatoms. The Morgan fingerprint density at radius 3 is 2.64 bits per heavy atom. The summed E-state index contributed by atoms with van der Waals surface area (Å²) >= 11 is 1.43. The molecule has 0 aliphatic carbocycles. The van der Waals surface area contributed by atoms with Gasteiger partial charge in [0.2, 0.25) is 5.91 Å². The number of hydrogen-bond donors (Lipinski definition) is 4. The van der Waals surface area contributed by atoms with Gasteiger partial charge in [-0.15, -0.1) is 11.8 Å². The number of hydrazine groups is 1. The van der Waals surface area contributed by atoms with Crippen LogP contribution >= 0.6 is 11.8 Å². The minimum Gasteiger partial charge on any atom is -0.492 e. The van der Waals surface area contributed by atoms with Crippen LogP contribution in [0, 0.1) is 0 Å². The van der Waals surface area contributed by atoms with Crippen LogP contribution in [0.25, 0.3) is 0 Å². The number of carbonyl (C=O) groups excluding carboxylic acids is 2. The zero-order valence-corrected chi connectivity index (χ0v) is 16.0. The minimum atomic E-state index is -0.259. The Hall–Kier alpha value is -2.91. The summed E-state index contributed by atoms with van der Waals surface area (Å²) in [5, 5.41) is 5.48. The first kappa shape index (κ1) is 19.8. The predicted octanol–water partition coefficient (Wildman–Crippen LogP) is 1.85. The molecular formula is C19H22N4O4S. The quantitative estimate of drug-likeness (QED) is 0.453. The second-order valence-electron chi connectivity index (χ2n) is 5.90. The Morgan fingerprint density at radius 2 is 1.86 bits per heavy atom. The molecule has 2 aromatic rings. The number of nitrogens with one attached hydrogen (secondary N) is 4. The van der Waals surface area contributed by atoms with Crippen molar-refractivity contribution in [1.29, 1.82) is 0 Å². The van der Waals surface area contributed by atoms with Gasteiger partial charge in [-0.2, -0.15) is 0 Å². The van der Waals surface area contributed by atoms with Crippen molar-refractivity contribution in [1.82, 2.24) is 21.5 Å². The maximum atomic E-state index is 11.8. The summed E-state index contributed by atoms with van der Waals surface area (Å²) in [6.45, 7) is 0.762. The Labute approximate surface area is 167 Å². The minimum absolute atomic E-state index is 0.0768. The first-order chi connectivity index (χ1) is 13.7. The molecule has 148 valence electrons. The van der Waals surface area contributed by atoms with Gasteiger partial charge in [0.15, 0.2) is 0 Å². The second kappa shape index (κ2) is 10.4. The van der Waals surface area contributed by atoms with Crippen molar-refractivity contribution < 1.29 is 19.1 Å². The van der Waals surface area contributed by atoms with Crippen LogP contribution in [0.3, 0.4) is 0 Å². The maximum absolute atomic E-state index is 11.8. The molecule has 28 heavy (non-hydrogen) atoms. The van der Waals surface area contributed by atoms with E-state index in [1.807, 2.05) is 54.6 Å². The number of hydrogen-bond acceptors (Lipinski definition) is 6. The lowest BCUT2D eigenvalue weighted by molar-refractivity contribution is -0.118. The van der Waals surface area contributed by atoms with Gasteiger partial charge in [0.25, 0.3) is 0 Å². The third-order valence-corrected chi connectivity index (χ3v) is 4.70. The van der Waals surface area contributed by atoms with Gasteiger partial charge in [0.05, 0.1) is 12.3 Å². The van der Waals surface area contributed by atoms with Crippen LogP contribution in [0.1, 0.15) is 0 Å². The molecule has 0 aromatic heterocycles. The lowest BCUT2D eigenvalue weighted by Crippen LogP contribution is -2.36. The van der Waals surface area contributed by atoms with Crippen LogP contribution in [-0.4, -0.2) is 42.8 Å². The van der Waals surface area contributed by atoms with Crippen LogP contribution in [0.15, 0.2) is 54.6 Å². The fourth-order valence-electron chi connectivity index (χ4n) is 2.40. The van der Waals surface area contributed by atoms with Gasteiger partial charge in [-0.25, -0.2) is 10.2 Å². The number of para-hydroxylation sites is 1. The molecule has 1 unspecified atom stereocenters. The predicted molar refractivity (Wildman–Crippen MR) is 107 cm³/mol. The molecule has 1 heterocycles. The molecule has 2 aromatic carbocycles. The van der Waals surface area contributed by atoms with Crippen LogP contribution in [0.4, 0.5) is 4.79 Å². The molecule has 0 saturated carbocycles. The van der Waals surface area contributed by atoms with Crippen molar-refractivity contribution in [2.75, 3.05) is 24.7 Å². The lowest BCUT2D eigenvalue weighted by Gasteiger charge is -2.11. The highest BCUT2D eigenvalue weighted by atomic mass is 32.2. The average Bonchev–Trinajstić information content (AvgIpc) is 3.11. The Bertz CT molecular complexity index is 791. The van der Waals surface area contributed by atoms with E-state index < -0.39 is 0 Å². The normalized spacial score (nSPS) is 15.4. The number of carbonyl (C=O) groups is 2. The molecule has 1 aliphatic rings. The van der Waals surface area contributed by atoms with E-state index in [1.54, 1.807) is 0 Å². The molecule has 3 amide bonds. The standard InChI is InChI=1S/C19H22N4O4S/c24-18(13-28-12-17-21-19(25)23-22-17)20-9-10-26-15-7-4-8-16(11-15)27-14-5-2-1-3-6-14/h1-8,11,17,22H,9-10,12-13H2,(H,20,24)(H2,21,23,25). The third-order valence-electron chi connectivity index (χ3n) is 3.66. The number of thioether (sulfide) groups is 1. The van der Waals surface area contributed by atoms with Gasteiger partial charge in [0, 0.05) is 11.8 Å². The van der Waals surface area contributed by atoms with Crippen LogP contribution in [0.2, 0.25) is 0 Å². The Morgan fingerprint density at radius 1 is 1.07 bits per heavy atom. The Kier molecular flexibility index (Phi) is 7.39. The van der Waals surface area contributed by atoms with Gasteiger partial charge in [-0.1, -0.05) is 24.3 Å². The number of amides is 3. The lowest BCUT2D eigenvalue weighted by atomic mass is 10.3. The van der Waals surface area contributed by atoms with E-state index in [0.29, 0.717) is 36.2 Å². The summed E-state index contributed by atoms with van der Waals surface area (Å²) in [6.07, 6.45) is -0.168. The van der Waals surface area contributed by atoms with Gasteiger partial charge >= 0.3 is 6.03 Å². The van der Waals surface area contributed by atoms with E-state index in [2.05, 4.69) is 21.5 Å². The smallest absolute Gasteiger partial charge is 0.330 e. The van der Waals surface area contributed by atoms with Gasteiger partial charge < -0.3 is 20.1 Å². The van der Waals surface area contributed by atoms with Crippen molar-refractivity contribution in [2.24, 2.45) is 0 Å². The Balaban J connectivity index is 1.31. The summed E-state index contributed by atoms with van der Waals surface area (Å²) in [5.41, 5.74) is 5.22. The molecule has 8 nitrogen and oxygen atoms in total. The highest BCUT2D eigenvalue weighted by Crippen LogP contribution is 2.24. The molecule has 1 aliphatic heterocycles. The number of urea groups is 1. The highest BCUT2D eigenvalue weighted by Gasteiger charge is 2.18. The fourth-order valence-corrected chi connectivity index (χ4v) is 3.21. The number of benzene rings is 2. The monoisotopic (exact) mass is 402 g/mol. The molecule has 0 bridgehead atoms. The molecule has 0 radical (unpaired) electrons. The first-order valence-corrected chi connectivity index (χ1v) is 9.97. The number of ether oxygens (including phenoxy) is 2. The van der Waals surface area contributed by atoms with Crippen LogP contribution in [-0.2, 0) is 4.79 Å². The van der Waals surface area contributed by atoms with Gasteiger partial charge in [-0.05, 0) is 24.3 Å². The van der Waals surface area contributed by atoms with Crippen molar-refractivity contribution in [3.8, 4) is 17.2 Å². The SMILES string of the molecule is O=C(CSCC1NNC(=O)N1)NCCOc1cccc(Oc2ccccc2)c1. The molecule has 1 atom stereocenters. The van der Waals surface area contributed by atoms with Crippen molar-refractivity contribution in [2.45, 2.75) is 6.17 Å². The molecule has 3 rings (SSSR count). The fraction of sp³-hybridized carbons (Fsp3) is 0.263. The second-order valence-corrected chi connectivity index (χ2v) is 6.93. The summed E-state index contributed by atoms with van der Waals surface area (Å²) in [7, 11) is 0. The molecule has 1 fully saturated rings. The molecular weight excluding hydrogens is 380 g/mol. The summed E-state index contributed by atoms with van der Waals surface area (Å²) in [5.74, 6) is 2.95. The molecule has 1 saturated heterocycles. The van der Waals surface area contributed by atoms with Crippen molar-refractivity contribution in [3.05, 3.63) is 54.6 Å². The van der Waals surface area contributed by atoms with E-state index in [4.69, 9.17) is 9.47 Å². The summed E-state index contributed by atoms with van der Waals surface area (Å²) < 4.78 is 11.4. The molecule has 4 N–H and O–H groups in total. The maximum Gasteiger partial charge on any atom is 0.330 e. The van der Waals surface area contributed by atoms with Crippen LogP contribution in [0.5, 0.6) is 17.2 Å². The molecule has 0 spiro atoms.